The number of fused-ring (bicyclic) bond motifs is 1. The van der Waals surface area contributed by atoms with Gasteiger partial charge in [0.1, 0.15) is 34.0 Å². The predicted octanol–water partition coefficient (Wildman–Crippen LogP) is 8.26. The molecule has 5 aromatic rings. The van der Waals surface area contributed by atoms with Crippen molar-refractivity contribution >= 4 is 69.1 Å². The number of amides is 3. The maximum absolute atomic E-state index is 14.1. The molecule has 6 heterocycles. The Labute approximate surface area is 448 Å². The first-order valence-corrected chi connectivity index (χ1v) is 28.5. The molecule has 4 aliphatic rings. The van der Waals surface area contributed by atoms with Gasteiger partial charge in [-0.1, -0.05) is 63.5 Å². The van der Waals surface area contributed by atoms with Crippen LogP contribution in [0.4, 0.5) is 17.5 Å². The van der Waals surface area contributed by atoms with Gasteiger partial charge in [0.15, 0.2) is 5.78 Å². The van der Waals surface area contributed by atoms with Crippen molar-refractivity contribution in [1.82, 2.24) is 44.9 Å². The Hall–Kier alpha value is -6.60. The molecule has 404 valence electrons. The molecule has 2 saturated heterocycles. The molecule has 3 N–H and O–H groups in total. The van der Waals surface area contributed by atoms with Crippen molar-refractivity contribution in [3.05, 3.63) is 91.9 Å². The maximum Gasteiger partial charge on any atom is 0.263 e. The summed E-state index contributed by atoms with van der Waals surface area (Å²) in [6, 6.07) is 10.3. The van der Waals surface area contributed by atoms with E-state index in [4.69, 9.17) is 14.7 Å². The fraction of sp³-hybridized carbons (Fsp3) is 0.544. The van der Waals surface area contributed by atoms with Crippen molar-refractivity contribution in [2.24, 2.45) is 5.92 Å². The third-order valence-corrected chi connectivity index (χ3v) is 16.7. The summed E-state index contributed by atoms with van der Waals surface area (Å²) in [5, 5.41) is 12.4. The minimum Gasteiger partial charge on any atom is -0.494 e. The van der Waals surface area contributed by atoms with Crippen LogP contribution in [0.3, 0.4) is 0 Å². The number of benzene rings is 1. The first kappa shape index (κ1) is 54.2. The quantitative estimate of drug-likeness (QED) is 0.0440. The largest absolute Gasteiger partial charge is 0.494 e. The number of ether oxygens (including phenoxy) is 1. The number of likely N-dealkylation sites (tertiary alicyclic amines) is 1. The molecule has 0 bridgehead atoms. The summed E-state index contributed by atoms with van der Waals surface area (Å²) in [4.78, 5) is 105. The van der Waals surface area contributed by atoms with Crippen LogP contribution in [-0.2, 0) is 14.4 Å². The van der Waals surface area contributed by atoms with Crippen LogP contribution in [0.5, 0.6) is 5.75 Å². The molecule has 0 unspecified atom stereocenters. The van der Waals surface area contributed by atoms with Gasteiger partial charge in [-0.15, -0.1) is 11.3 Å². The van der Waals surface area contributed by atoms with Crippen molar-refractivity contribution in [1.29, 1.82) is 0 Å². The summed E-state index contributed by atoms with van der Waals surface area (Å²) in [7, 11) is 1.72. The highest BCUT2D eigenvalue weighted by molar-refractivity contribution is 7.10. The average molecular weight is 1060 g/mol. The summed E-state index contributed by atoms with van der Waals surface area (Å²) in [6.45, 7) is 7.21. The Bertz CT molecular complexity index is 2920. The monoisotopic (exact) mass is 1060 g/mol. The highest BCUT2D eigenvalue weighted by atomic mass is 32.1. The fourth-order valence-electron chi connectivity index (χ4n) is 11.7. The number of nitrogens with zero attached hydrogens (tertiary/aromatic N) is 8. The van der Waals surface area contributed by atoms with E-state index in [2.05, 4.69) is 30.8 Å². The summed E-state index contributed by atoms with van der Waals surface area (Å²) in [5.41, 5.74) is 2.86. The number of aromatic nitrogens is 5. The number of carbonyl (C=O) groups excluding carboxylic acids is 5. The number of hydrogen-bond donors (Lipinski definition) is 3. The van der Waals surface area contributed by atoms with Crippen LogP contribution in [0.2, 0.25) is 0 Å². The number of aryl methyl sites for hydroxylation is 1. The number of ketones is 2. The second-order valence-electron chi connectivity index (χ2n) is 21.0. The lowest BCUT2D eigenvalue weighted by Crippen LogP contribution is -2.53. The SMILES string of the molecule is CNCC(=O)N[C@H](C(=O)N1CCC[C@H]1c1nc(C(=O)c2cccc(OCCCCCCCC(=O)N3CCN(c4ccc(Nc5ncc6c(C)c(C(C)=O)c(=O)n(C7CCCC7)c6n5)nc4)CC3)c2)cs1)C1CCCCC1. The molecule has 2 aliphatic heterocycles. The van der Waals surface area contributed by atoms with Crippen LogP contribution >= 0.6 is 11.3 Å². The number of hydrogen-bond acceptors (Lipinski definition) is 15. The number of unbranched alkanes of at least 4 members (excludes halogenated alkanes) is 4. The van der Waals surface area contributed by atoms with E-state index in [0.29, 0.717) is 91.1 Å². The van der Waals surface area contributed by atoms with Crippen molar-refractivity contribution in [3.63, 3.8) is 0 Å². The minimum absolute atomic E-state index is 0.00548. The molecule has 19 heteroatoms. The van der Waals surface area contributed by atoms with Crippen molar-refractivity contribution in [2.75, 3.05) is 63.1 Å². The number of likely N-dealkylation sites (N-methyl/N-ethyl adjacent to an activating group) is 1. The molecule has 0 spiro atoms. The lowest BCUT2D eigenvalue weighted by Gasteiger charge is -2.36. The summed E-state index contributed by atoms with van der Waals surface area (Å²) < 4.78 is 7.78. The van der Waals surface area contributed by atoms with Crippen molar-refractivity contribution < 1.29 is 28.7 Å². The van der Waals surface area contributed by atoms with Crippen LogP contribution in [0.15, 0.2) is 59.0 Å². The summed E-state index contributed by atoms with van der Waals surface area (Å²) in [6.07, 6.45) is 19.2. The predicted molar refractivity (Wildman–Crippen MR) is 294 cm³/mol. The number of thiazole rings is 1. The third kappa shape index (κ3) is 12.8. The van der Waals surface area contributed by atoms with E-state index in [1.165, 1.54) is 18.3 Å². The molecule has 76 heavy (non-hydrogen) atoms. The van der Waals surface area contributed by atoms with E-state index in [0.717, 1.165) is 113 Å². The normalized spacial score (nSPS) is 17.8. The van der Waals surface area contributed by atoms with E-state index in [9.17, 15) is 28.8 Å². The minimum atomic E-state index is -0.562. The second kappa shape index (κ2) is 25.5. The van der Waals surface area contributed by atoms with Crippen LogP contribution in [0, 0.1) is 12.8 Å². The third-order valence-electron chi connectivity index (χ3n) is 15.8. The van der Waals surface area contributed by atoms with Gasteiger partial charge in [-0.3, -0.25) is 33.3 Å². The van der Waals surface area contributed by atoms with E-state index < -0.39 is 6.04 Å². The Kier molecular flexibility index (Phi) is 18.2. The Morgan fingerprint density at radius 3 is 2.34 bits per heavy atom. The molecule has 4 fully saturated rings. The molecule has 2 atom stereocenters. The van der Waals surface area contributed by atoms with Gasteiger partial charge in [-0.2, -0.15) is 4.98 Å². The zero-order valence-electron chi connectivity index (χ0n) is 44.3. The number of rotatable bonds is 22. The number of pyridine rings is 2. The lowest BCUT2D eigenvalue weighted by molar-refractivity contribution is -0.139. The lowest BCUT2D eigenvalue weighted by atomic mass is 9.83. The zero-order valence-corrected chi connectivity index (χ0v) is 45.1. The molecule has 0 radical (unpaired) electrons. The van der Waals surface area contributed by atoms with Crippen molar-refractivity contribution in [2.45, 2.75) is 141 Å². The van der Waals surface area contributed by atoms with E-state index in [-0.39, 0.29) is 65.0 Å². The van der Waals surface area contributed by atoms with Gasteiger partial charge in [-0.25, -0.2) is 15.0 Å². The van der Waals surface area contributed by atoms with Crippen molar-refractivity contribution in [3.8, 4) is 5.75 Å². The molecule has 18 nitrogen and oxygen atoms in total. The molecule has 4 aromatic heterocycles. The number of anilines is 3. The first-order chi connectivity index (χ1) is 37.0. The molecular weight excluding hydrogens is 983 g/mol. The molecule has 3 amide bonds. The average Bonchev–Trinajstić information content (AvgIpc) is 4.26. The zero-order chi connectivity index (χ0) is 53.1. The number of carbonyl (C=O) groups is 5. The molecule has 2 aliphatic carbocycles. The Morgan fingerprint density at radius 2 is 1.59 bits per heavy atom. The Balaban J connectivity index is 0.673. The number of nitrogens with one attached hydrogen (secondary N) is 3. The van der Waals surface area contributed by atoms with Gasteiger partial charge < -0.3 is 35.4 Å². The van der Waals surface area contributed by atoms with Crippen LogP contribution in [0.25, 0.3) is 11.0 Å². The van der Waals surface area contributed by atoms with Gasteiger partial charge in [-0.05, 0) is 108 Å². The topological polar surface area (TPSA) is 214 Å². The standard InChI is InChI=1S/C57H73N11O7S/c1-37-44-34-60-57(64-53(44)68(41-19-11-12-20-41)55(73)50(37)38(2)69)62-47-25-24-42(33-59-47)65-27-29-66(30-28-65)49(71)23-10-5-4-6-13-31-75-43-21-14-18-40(32-43)52(72)45-36-76-54(61-45)46-22-15-26-67(46)56(74)51(63-48(70)35-58-3)39-16-8-7-9-17-39/h14,18,21,24-25,32-34,36,39,41,46,51,58H,4-13,15-17,19-20,22-23,26-31,35H2,1-3H3,(H,63,70)(H,59,60,62,64)/t46-,51-/m0/s1. The van der Waals surface area contributed by atoms with E-state index >= 15 is 0 Å². The first-order valence-electron chi connectivity index (χ1n) is 27.6. The van der Waals surface area contributed by atoms with Gasteiger partial charge in [0.2, 0.25) is 29.5 Å². The highest BCUT2D eigenvalue weighted by Crippen LogP contribution is 2.37. The molecule has 2 saturated carbocycles. The smallest absolute Gasteiger partial charge is 0.263 e. The van der Waals surface area contributed by atoms with Crippen LogP contribution in [-0.4, -0.2) is 123 Å². The second-order valence-corrected chi connectivity index (χ2v) is 21.8. The molecular formula is C57H73N11O7S. The van der Waals surface area contributed by atoms with Gasteiger partial charge in [0, 0.05) is 67.7 Å². The molecule has 1 aromatic carbocycles. The highest BCUT2D eigenvalue weighted by Gasteiger charge is 2.40. The fourth-order valence-corrected chi connectivity index (χ4v) is 12.6. The van der Waals surface area contributed by atoms with Gasteiger partial charge in [0.05, 0.1) is 36.6 Å². The summed E-state index contributed by atoms with van der Waals surface area (Å²) >= 11 is 1.41. The van der Waals surface area contributed by atoms with E-state index in [1.807, 2.05) is 40.3 Å². The maximum atomic E-state index is 14.1. The molecule has 9 rings (SSSR count). The number of piperazine rings is 1. The summed E-state index contributed by atoms with van der Waals surface area (Å²) in [5.74, 6) is 1.14. The van der Waals surface area contributed by atoms with Gasteiger partial charge in [0.25, 0.3) is 5.56 Å². The van der Waals surface area contributed by atoms with E-state index in [1.54, 1.807) is 42.2 Å². The van der Waals surface area contributed by atoms with Crippen LogP contribution in [0.1, 0.15) is 165 Å². The Morgan fingerprint density at radius 1 is 0.829 bits per heavy atom. The number of Topliss-reactive ketones (excluding diaryl/α,β-unsaturated/α-hetero) is 1. The van der Waals surface area contributed by atoms with Gasteiger partial charge >= 0.3 is 0 Å². The van der Waals surface area contributed by atoms with Crippen LogP contribution < -0.4 is 31.1 Å².